The van der Waals surface area contributed by atoms with Crippen molar-refractivity contribution in [1.29, 1.82) is 0 Å². The second kappa shape index (κ2) is 5.21. The number of hydrogen-bond donors (Lipinski definition) is 1. The number of anilines is 2. The molecule has 0 bridgehead atoms. The topological polar surface area (TPSA) is 56.3 Å². The monoisotopic (exact) mass is 299 g/mol. The first-order chi connectivity index (χ1) is 10.4. The zero-order valence-electron chi connectivity index (χ0n) is 11.2. The van der Waals surface area contributed by atoms with E-state index in [9.17, 15) is 0 Å². The minimum absolute atomic E-state index is 0.680. The molecule has 0 fully saturated rings. The molecule has 0 unspecified atom stereocenters. The summed E-state index contributed by atoms with van der Waals surface area (Å²) in [7, 11) is 0. The van der Waals surface area contributed by atoms with E-state index >= 15 is 0 Å². The summed E-state index contributed by atoms with van der Waals surface area (Å²) in [5, 5.41) is 5.34. The van der Waals surface area contributed by atoms with Crippen LogP contribution in [0.2, 0.25) is 0 Å². The van der Waals surface area contributed by atoms with Crippen molar-refractivity contribution in [2.75, 3.05) is 18.5 Å². The molecule has 0 saturated heterocycles. The molecule has 1 aliphatic heterocycles. The first-order valence-corrected chi connectivity index (χ1v) is 7.63. The maximum absolute atomic E-state index is 5.70. The summed E-state index contributed by atoms with van der Waals surface area (Å²) in [4.78, 5) is 8.56. The Kier molecular flexibility index (Phi) is 3.08. The van der Waals surface area contributed by atoms with Gasteiger partial charge in [-0.25, -0.2) is 9.97 Å². The zero-order chi connectivity index (χ0) is 14.1. The van der Waals surface area contributed by atoms with Gasteiger partial charge in [0.25, 0.3) is 0 Å². The number of nitrogens with zero attached hydrogens (tertiary/aromatic N) is 2. The lowest BCUT2D eigenvalue weighted by Gasteiger charge is -2.11. The van der Waals surface area contributed by atoms with Crippen molar-refractivity contribution >= 4 is 33.1 Å². The van der Waals surface area contributed by atoms with E-state index in [1.54, 1.807) is 17.7 Å². The van der Waals surface area contributed by atoms with Gasteiger partial charge in [0.05, 0.1) is 23.4 Å². The van der Waals surface area contributed by atoms with E-state index in [2.05, 4.69) is 15.3 Å². The van der Waals surface area contributed by atoms with E-state index in [0.717, 1.165) is 39.6 Å². The molecule has 3 heterocycles. The van der Waals surface area contributed by atoms with E-state index < -0.39 is 0 Å². The molecule has 2 aromatic heterocycles. The Morgan fingerprint density at radius 2 is 1.95 bits per heavy atom. The Labute approximate surface area is 125 Å². The predicted octanol–water partition coefficient (Wildman–Crippen LogP) is 3.60. The van der Waals surface area contributed by atoms with Crippen LogP contribution in [0.25, 0.3) is 10.2 Å². The van der Waals surface area contributed by atoms with Gasteiger partial charge in [0.1, 0.15) is 6.33 Å². The third-order valence-electron chi connectivity index (χ3n) is 3.25. The second-order valence-corrected chi connectivity index (χ2v) is 5.61. The van der Waals surface area contributed by atoms with Crippen LogP contribution in [-0.2, 0) is 0 Å². The molecule has 0 saturated carbocycles. The van der Waals surface area contributed by atoms with Gasteiger partial charge >= 0.3 is 0 Å². The SMILES string of the molecule is c1nc(Nc2ccc3c(c2)OCCCO3)c2sccc2n1. The summed E-state index contributed by atoms with van der Waals surface area (Å²) in [5.74, 6) is 2.38. The number of fused-ring (bicyclic) bond motifs is 2. The molecular weight excluding hydrogens is 286 g/mol. The molecule has 1 aliphatic rings. The molecule has 1 N–H and O–H groups in total. The summed E-state index contributed by atoms with van der Waals surface area (Å²) in [5.41, 5.74) is 1.87. The Hall–Kier alpha value is -2.34. The van der Waals surface area contributed by atoms with Gasteiger partial charge in [-0.05, 0) is 23.6 Å². The smallest absolute Gasteiger partial charge is 0.163 e. The summed E-state index contributed by atoms with van der Waals surface area (Å²) in [6, 6.07) is 7.83. The molecule has 1 aromatic carbocycles. The molecule has 3 aromatic rings. The van der Waals surface area contributed by atoms with Crippen LogP contribution >= 0.6 is 11.3 Å². The van der Waals surface area contributed by atoms with Gasteiger partial charge in [0.15, 0.2) is 17.3 Å². The number of rotatable bonds is 2. The Morgan fingerprint density at radius 3 is 2.90 bits per heavy atom. The number of benzene rings is 1. The van der Waals surface area contributed by atoms with Crippen LogP contribution in [0.15, 0.2) is 36.0 Å². The maximum Gasteiger partial charge on any atom is 0.163 e. The standard InChI is InChI=1S/C15H13N3O2S/c1-5-19-12-3-2-10(8-13(12)20-6-1)18-15-14-11(4-7-21-14)16-9-17-15/h2-4,7-9H,1,5-6H2,(H,16,17,18). The molecule has 6 heteroatoms. The van der Waals surface area contributed by atoms with Gasteiger partial charge in [-0.15, -0.1) is 11.3 Å². The molecular formula is C15H13N3O2S. The van der Waals surface area contributed by atoms with Crippen molar-refractivity contribution in [2.45, 2.75) is 6.42 Å². The third-order valence-corrected chi connectivity index (χ3v) is 4.16. The van der Waals surface area contributed by atoms with Crippen molar-refractivity contribution in [3.8, 4) is 11.5 Å². The molecule has 0 spiro atoms. The van der Waals surface area contributed by atoms with E-state index in [1.165, 1.54) is 0 Å². The van der Waals surface area contributed by atoms with Gasteiger partial charge < -0.3 is 14.8 Å². The number of thiophene rings is 1. The van der Waals surface area contributed by atoms with Gasteiger partial charge in [-0.2, -0.15) is 0 Å². The van der Waals surface area contributed by atoms with Gasteiger partial charge in [-0.3, -0.25) is 0 Å². The van der Waals surface area contributed by atoms with Crippen molar-refractivity contribution in [3.05, 3.63) is 36.0 Å². The largest absolute Gasteiger partial charge is 0.490 e. The number of hydrogen-bond acceptors (Lipinski definition) is 6. The third kappa shape index (κ3) is 2.38. The number of ether oxygens (including phenoxy) is 2. The quantitative estimate of drug-likeness (QED) is 0.783. The normalized spacial score (nSPS) is 13.9. The fourth-order valence-electron chi connectivity index (χ4n) is 2.26. The molecule has 0 atom stereocenters. The van der Waals surface area contributed by atoms with Crippen molar-refractivity contribution in [2.24, 2.45) is 0 Å². The summed E-state index contributed by atoms with van der Waals surface area (Å²) >= 11 is 1.62. The van der Waals surface area contributed by atoms with Crippen LogP contribution in [0.3, 0.4) is 0 Å². The molecule has 0 radical (unpaired) electrons. The highest BCUT2D eigenvalue weighted by Gasteiger charge is 2.12. The van der Waals surface area contributed by atoms with E-state index in [4.69, 9.17) is 9.47 Å². The lowest BCUT2D eigenvalue weighted by molar-refractivity contribution is 0.297. The second-order valence-electron chi connectivity index (χ2n) is 4.69. The minimum Gasteiger partial charge on any atom is -0.490 e. The van der Waals surface area contributed by atoms with Gasteiger partial charge in [0, 0.05) is 18.2 Å². The van der Waals surface area contributed by atoms with E-state index in [-0.39, 0.29) is 0 Å². The van der Waals surface area contributed by atoms with Crippen molar-refractivity contribution < 1.29 is 9.47 Å². The number of nitrogens with one attached hydrogen (secondary N) is 1. The molecule has 5 nitrogen and oxygen atoms in total. The Balaban J connectivity index is 1.68. The summed E-state index contributed by atoms with van der Waals surface area (Å²) < 4.78 is 12.4. The Bertz CT molecular complexity index is 787. The maximum atomic E-state index is 5.70. The molecule has 0 amide bonds. The van der Waals surface area contributed by atoms with Crippen molar-refractivity contribution in [3.63, 3.8) is 0 Å². The fraction of sp³-hybridized carbons (Fsp3) is 0.200. The molecule has 4 rings (SSSR count). The average Bonchev–Trinajstić information content (AvgIpc) is 2.87. The average molecular weight is 299 g/mol. The number of aromatic nitrogens is 2. The lowest BCUT2D eigenvalue weighted by atomic mass is 10.2. The summed E-state index contributed by atoms with van der Waals surface area (Å²) in [6.07, 6.45) is 2.47. The first-order valence-electron chi connectivity index (χ1n) is 6.75. The zero-order valence-corrected chi connectivity index (χ0v) is 12.0. The van der Waals surface area contributed by atoms with Gasteiger partial charge in [-0.1, -0.05) is 0 Å². The van der Waals surface area contributed by atoms with E-state index in [1.807, 2.05) is 29.6 Å². The highest BCUT2D eigenvalue weighted by molar-refractivity contribution is 7.17. The minimum atomic E-state index is 0.680. The highest BCUT2D eigenvalue weighted by atomic mass is 32.1. The first kappa shape index (κ1) is 12.4. The van der Waals surface area contributed by atoms with Crippen LogP contribution < -0.4 is 14.8 Å². The van der Waals surface area contributed by atoms with Gasteiger partial charge in [0.2, 0.25) is 0 Å². The van der Waals surface area contributed by atoms with Crippen LogP contribution in [0.1, 0.15) is 6.42 Å². The van der Waals surface area contributed by atoms with Crippen molar-refractivity contribution in [1.82, 2.24) is 9.97 Å². The molecule has 21 heavy (non-hydrogen) atoms. The Morgan fingerprint density at radius 1 is 1.05 bits per heavy atom. The molecule has 106 valence electrons. The fourth-order valence-corrected chi connectivity index (χ4v) is 3.05. The van der Waals surface area contributed by atoms with Crippen LogP contribution in [0.4, 0.5) is 11.5 Å². The van der Waals surface area contributed by atoms with Crippen LogP contribution in [0, 0.1) is 0 Å². The summed E-state index contributed by atoms with van der Waals surface area (Å²) in [6.45, 7) is 1.38. The van der Waals surface area contributed by atoms with Crippen LogP contribution in [-0.4, -0.2) is 23.2 Å². The predicted molar refractivity (Wildman–Crippen MR) is 82.7 cm³/mol. The van der Waals surface area contributed by atoms with E-state index in [0.29, 0.717) is 13.2 Å². The molecule has 0 aliphatic carbocycles. The highest BCUT2D eigenvalue weighted by Crippen LogP contribution is 2.34. The van der Waals surface area contributed by atoms with Crippen LogP contribution in [0.5, 0.6) is 11.5 Å². The lowest BCUT2D eigenvalue weighted by Crippen LogP contribution is -1.97.